The fourth-order valence-corrected chi connectivity index (χ4v) is 7.28. The Kier molecular flexibility index (Phi) is 6.04. The highest BCUT2D eigenvalue weighted by Gasteiger charge is 2.18. The smallest absolute Gasteiger partial charge is 0.0542 e. The summed E-state index contributed by atoms with van der Waals surface area (Å²) in [5.41, 5.74) is 10.6. The van der Waals surface area contributed by atoms with Crippen LogP contribution in [0, 0.1) is 0 Å². The van der Waals surface area contributed by atoms with Crippen molar-refractivity contribution < 1.29 is 0 Å². The number of rotatable bonds is 5. The third-order valence-electron chi connectivity index (χ3n) is 9.21. The van der Waals surface area contributed by atoms with E-state index in [2.05, 4.69) is 191 Å². The zero-order valence-corrected chi connectivity index (χ0v) is 25.5. The lowest BCUT2D eigenvalue weighted by atomic mass is 10.1. The van der Waals surface area contributed by atoms with Crippen LogP contribution in [0.15, 0.2) is 152 Å². The third-order valence-corrected chi connectivity index (χ3v) is 9.21. The molecule has 0 N–H and O–H groups in total. The van der Waals surface area contributed by atoms with Gasteiger partial charge in [0.1, 0.15) is 0 Å². The van der Waals surface area contributed by atoms with Crippen LogP contribution in [-0.4, -0.2) is 13.7 Å². The van der Waals surface area contributed by atoms with Crippen molar-refractivity contribution in [3.8, 4) is 11.4 Å². The van der Waals surface area contributed by atoms with Gasteiger partial charge in [-0.15, -0.1) is 0 Å². The summed E-state index contributed by atoms with van der Waals surface area (Å²) in [4.78, 5) is 0. The van der Waals surface area contributed by atoms with Crippen molar-refractivity contribution >= 4 is 72.9 Å². The second kappa shape index (κ2) is 10.5. The van der Waals surface area contributed by atoms with E-state index in [1.807, 2.05) is 0 Å². The average molecular weight is 590 g/mol. The van der Waals surface area contributed by atoms with Crippen LogP contribution < -0.4 is 0 Å². The number of hydrogen-bond acceptors (Lipinski definition) is 0. The van der Waals surface area contributed by atoms with Gasteiger partial charge in [0.15, 0.2) is 0 Å². The maximum atomic E-state index is 2.40. The van der Waals surface area contributed by atoms with Gasteiger partial charge in [0.2, 0.25) is 0 Å². The predicted molar refractivity (Wildman–Crippen MR) is 197 cm³/mol. The Hall–Kier alpha value is -6.06. The summed E-state index contributed by atoms with van der Waals surface area (Å²) in [6.07, 6.45) is 8.92. The number of nitrogens with zero attached hydrogens (tertiary/aromatic N) is 3. The zero-order valence-electron chi connectivity index (χ0n) is 25.5. The Morgan fingerprint density at radius 3 is 1.50 bits per heavy atom. The van der Waals surface area contributed by atoms with Crippen LogP contribution in [0.4, 0.5) is 0 Å². The van der Waals surface area contributed by atoms with Crippen molar-refractivity contribution in [2.45, 2.75) is 6.92 Å². The SMILES string of the molecule is C/C=C\c1c(/C=C/n2c3ccccc3c3ccccc32)c2cc(-n3c4ccccc4c4ccccc43)ccc2n1-c1ccccc1. The van der Waals surface area contributed by atoms with E-state index >= 15 is 0 Å². The fraction of sp³-hybridized carbons (Fsp3) is 0.0233. The molecule has 218 valence electrons. The van der Waals surface area contributed by atoms with Crippen LogP contribution in [0.3, 0.4) is 0 Å². The molecule has 3 heteroatoms. The summed E-state index contributed by atoms with van der Waals surface area (Å²) in [6.45, 7) is 2.09. The highest BCUT2D eigenvalue weighted by atomic mass is 15.0. The molecule has 3 heterocycles. The van der Waals surface area contributed by atoms with E-state index in [9.17, 15) is 0 Å². The number of hydrogen-bond donors (Lipinski definition) is 0. The minimum absolute atomic E-state index is 1.14. The summed E-state index contributed by atoms with van der Waals surface area (Å²) in [7, 11) is 0. The second-order valence-electron chi connectivity index (χ2n) is 11.8. The van der Waals surface area contributed by atoms with Gasteiger partial charge in [0.25, 0.3) is 0 Å². The number of benzene rings is 6. The molecule has 0 saturated heterocycles. The molecule has 0 aliphatic rings. The Morgan fingerprint density at radius 2 is 0.913 bits per heavy atom. The summed E-state index contributed by atoms with van der Waals surface area (Å²) >= 11 is 0. The van der Waals surface area contributed by atoms with E-state index in [4.69, 9.17) is 0 Å². The highest BCUT2D eigenvalue weighted by Crippen LogP contribution is 2.37. The molecule has 0 amide bonds. The van der Waals surface area contributed by atoms with Crippen LogP contribution in [0.2, 0.25) is 0 Å². The molecular formula is C43H31N3. The summed E-state index contributed by atoms with van der Waals surface area (Å²) in [6, 6.07) is 52.3. The molecular weight excluding hydrogens is 558 g/mol. The molecule has 0 bridgehead atoms. The Morgan fingerprint density at radius 1 is 0.413 bits per heavy atom. The van der Waals surface area contributed by atoms with E-state index in [-0.39, 0.29) is 0 Å². The molecule has 46 heavy (non-hydrogen) atoms. The van der Waals surface area contributed by atoms with Crippen molar-refractivity contribution in [1.29, 1.82) is 0 Å². The predicted octanol–water partition coefficient (Wildman–Crippen LogP) is 11.5. The van der Waals surface area contributed by atoms with Crippen molar-refractivity contribution in [2.75, 3.05) is 0 Å². The van der Waals surface area contributed by atoms with Crippen molar-refractivity contribution in [1.82, 2.24) is 13.7 Å². The third kappa shape index (κ3) is 3.92. The first-order valence-electron chi connectivity index (χ1n) is 15.8. The van der Waals surface area contributed by atoms with Crippen molar-refractivity contribution in [2.24, 2.45) is 0 Å². The van der Waals surface area contributed by atoms with Crippen molar-refractivity contribution in [3.05, 3.63) is 163 Å². The molecule has 9 aromatic rings. The first-order valence-corrected chi connectivity index (χ1v) is 15.8. The maximum Gasteiger partial charge on any atom is 0.0542 e. The molecule has 3 aromatic heterocycles. The zero-order chi connectivity index (χ0) is 30.6. The molecule has 0 aliphatic heterocycles. The van der Waals surface area contributed by atoms with E-state index in [1.54, 1.807) is 0 Å². The van der Waals surface area contributed by atoms with Gasteiger partial charge in [-0.3, -0.25) is 0 Å². The minimum Gasteiger partial charge on any atom is -0.316 e. The Balaban J connectivity index is 1.35. The van der Waals surface area contributed by atoms with Gasteiger partial charge in [-0.05, 0) is 73.7 Å². The molecule has 0 fully saturated rings. The molecule has 0 spiro atoms. The van der Waals surface area contributed by atoms with E-state index in [0.717, 1.165) is 17.1 Å². The number of fused-ring (bicyclic) bond motifs is 7. The Bertz CT molecular complexity index is 2530. The molecule has 0 radical (unpaired) electrons. The van der Waals surface area contributed by atoms with Crippen LogP contribution in [-0.2, 0) is 0 Å². The van der Waals surface area contributed by atoms with E-state index in [0.29, 0.717) is 0 Å². The normalized spacial score (nSPS) is 12.3. The largest absolute Gasteiger partial charge is 0.316 e. The standard InChI is InChI=1S/C43H31N3/c1-2-14-40-36(27-28-44-38-21-10-6-17-32(38)33-18-7-11-22-39(33)44)37-29-31(25-26-43(37)45(40)30-15-4-3-5-16-30)46-41-23-12-8-19-34(41)35-20-9-13-24-42(35)46/h2-29H,1H3/b14-2-,28-27+. The van der Waals surface area contributed by atoms with E-state index < -0.39 is 0 Å². The number of aromatic nitrogens is 3. The fourth-order valence-electron chi connectivity index (χ4n) is 7.28. The topological polar surface area (TPSA) is 14.8 Å². The molecule has 9 rings (SSSR count). The van der Waals surface area contributed by atoms with Gasteiger partial charge in [-0.1, -0.05) is 97.1 Å². The first kappa shape index (κ1) is 26.4. The molecule has 0 aliphatic carbocycles. The highest BCUT2D eigenvalue weighted by molar-refractivity contribution is 6.11. The molecule has 6 aromatic carbocycles. The lowest BCUT2D eigenvalue weighted by molar-refractivity contribution is 1.10. The average Bonchev–Trinajstić information content (AvgIpc) is 3.73. The van der Waals surface area contributed by atoms with E-state index in [1.165, 1.54) is 60.1 Å². The quantitative estimate of drug-likeness (QED) is 0.190. The van der Waals surface area contributed by atoms with Gasteiger partial charge in [0.05, 0.1) is 33.3 Å². The van der Waals surface area contributed by atoms with Gasteiger partial charge in [0, 0.05) is 50.1 Å². The monoisotopic (exact) mass is 589 g/mol. The molecule has 0 unspecified atom stereocenters. The van der Waals surface area contributed by atoms with Crippen molar-refractivity contribution in [3.63, 3.8) is 0 Å². The summed E-state index contributed by atoms with van der Waals surface area (Å²) in [5, 5.41) is 6.25. The van der Waals surface area contributed by atoms with Gasteiger partial charge >= 0.3 is 0 Å². The van der Waals surface area contributed by atoms with Gasteiger partial charge in [-0.25, -0.2) is 0 Å². The minimum atomic E-state index is 1.14. The Labute approximate surface area is 267 Å². The maximum absolute atomic E-state index is 2.40. The van der Waals surface area contributed by atoms with Crippen LogP contribution in [0.5, 0.6) is 0 Å². The van der Waals surface area contributed by atoms with Gasteiger partial charge < -0.3 is 13.7 Å². The van der Waals surface area contributed by atoms with Crippen LogP contribution in [0.25, 0.3) is 84.2 Å². The molecule has 0 saturated carbocycles. The second-order valence-corrected chi connectivity index (χ2v) is 11.8. The summed E-state index contributed by atoms with van der Waals surface area (Å²) in [5.74, 6) is 0. The van der Waals surface area contributed by atoms with Crippen LogP contribution >= 0.6 is 0 Å². The van der Waals surface area contributed by atoms with Gasteiger partial charge in [-0.2, -0.15) is 0 Å². The number of para-hydroxylation sites is 5. The van der Waals surface area contributed by atoms with Crippen LogP contribution in [0.1, 0.15) is 18.2 Å². The number of allylic oxidation sites excluding steroid dienone is 1. The first-order chi connectivity index (χ1) is 22.8. The molecule has 0 atom stereocenters. The lowest BCUT2D eigenvalue weighted by Gasteiger charge is -2.10. The molecule has 3 nitrogen and oxygen atoms in total. The lowest BCUT2D eigenvalue weighted by Crippen LogP contribution is -1.97. The summed E-state index contributed by atoms with van der Waals surface area (Å²) < 4.78 is 7.11.